The molecule has 0 unspecified atom stereocenters. The highest BCUT2D eigenvalue weighted by atomic mass is 16.5. The Morgan fingerprint density at radius 2 is 0.787 bits per heavy atom. The summed E-state index contributed by atoms with van der Waals surface area (Å²) in [6.45, 7) is 0. The maximum absolute atomic E-state index is 6.86. The molecule has 0 N–H and O–H groups in total. The number of rotatable bonds is 3. The lowest BCUT2D eigenvalue weighted by Crippen LogP contribution is -2.00. The van der Waals surface area contributed by atoms with Gasteiger partial charge in [0.05, 0.1) is 0 Å². The summed E-state index contributed by atoms with van der Waals surface area (Å²) < 4.78 is 6.86. The fraction of sp³-hybridized carbons (Fsp3) is 0. The summed E-state index contributed by atoms with van der Waals surface area (Å²) in [6, 6.07) is 61.4. The predicted octanol–water partition coefficient (Wildman–Crippen LogP) is 13.1. The second-order valence-electron chi connectivity index (χ2n) is 12.4. The number of hydrogen-bond acceptors (Lipinski definition) is 1. The number of ether oxygens (including phenoxy) is 1. The Kier molecular flexibility index (Phi) is 5.64. The molecule has 0 atom stereocenters. The van der Waals surface area contributed by atoms with Gasteiger partial charge in [0.25, 0.3) is 0 Å². The van der Waals surface area contributed by atoms with Gasteiger partial charge in [-0.3, -0.25) is 0 Å². The SMILES string of the molecule is c1ccc(-c2ccc(-c3c4ccccc4c(-c4cccc5c4Oc4cccc6cccc-5c46)c4ccccc34)c3ccccc23)cc1. The van der Waals surface area contributed by atoms with Gasteiger partial charge < -0.3 is 4.74 Å². The number of hydrogen-bond donors (Lipinski definition) is 0. The number of para-hydroxylation sites is 1. The molecule has 0 bridgehead atoms. The Morgan fingerprint density at radius 1 is 0.298 bits per heavy atom. The van der Waals surface area contributed by atoms with Gasteiger partial charge >= 0.3 is 0 Å². The van der Waals surface area contributed by atoms with Crippen LogP contribution in [0.4, 0.5) is 0 Å². The van der Waals surface area contributed by atoms with Crippen molar-refractivity contribution in [2.45, 2.75) is 0 Å². The van der Waals surface area contributed by atoms with E-state index in [1.165, 1.54) is 76.5 Å². The summed E-state index contributed by atoms with van der Waals surface area (Å²) in [5, 5.41) is 9.77. The highest BCUT2D eigenvalue weighted by Gasteiger charge is 2.26. The van der Waals surface area contributed by atoms with E-state index in [0.717, 1.165) is 22.6 Å². The van der Waals surface area contributed by atoms with E-state index in [2.05, 4.69) is 170 Å². The first-order chi connectivity index (χ1) is 23.3. The Bertz CT molecular complexity index is 2640. The van der Waals surface area contributed by atoms with Crippen molar-refractivity contribution >= 4 is 43.1 Å². The van der Waals surface area contributed by atoms with Crippen LogP contribution in [0.15, 0.2) is 170 Å². The molecule has 0 aliphatic carbocycles. The minimum atomic E-state index is 0.910. The quantitative estimate of drug-likeness (QED) is 0.184. The van der Waals surface area contributed by atoms with Gasteiger partial charge in [-0.05, 0) is 71.6 Å². The molecule has 47 heavy (non-hydrogen) atoms. The fourth-order valence-electron chi connectivity index (χ4n) is 7.88. The smallest absolute Gasteiger partial charge is 0.143 e. The zero-order valence-corrected chi connectivity index (χ0v) is 25.6. The molecule has 10 rings (SSSR count). The standard InChI is InChI=1S/C46H28O/c1-2-13-29(14-3-1)31-27-28-39(33-18-5-4-17-32(31)33)44-34-19-6-8-21-36(34)45(37-22-9-7-20-35(37)44)41-25-12-24-40-38-23-10-15-30-16-11-26-42(43(30)38)47-46(40)41/h1-28H. The predicted molar refractivity (Wildman–Crippen MR) is 198 cm³/mol. The summed E-state index contributed by atoms with van der Waals surface area (Å²) in [6.07, 6.45) is 0. The van der Waals surface area contributed by atoms with Crippen LogP contribution < -0.4 is 4.74 Å². The van der Waals surface area contributed by atoms with E-state index < -0.39 is 0 Å². The largest absolute Gasteiger partial charge is 0.455 e. The molecular weight excluding hydrogens is 569 g/mol. The maximum atomic E-state index is 6.86. The van der Waals surface area contributed by atoms with Crippen molar-refractivity contribution in [3.05, 3.63) is 170 Å². The second kappa shape index (κ2) is 10.2. The highest BCUT2D eigenvalue weighted by Crippen LogP contribution is 2.53. The van der Waals surface area contributed by atoms with E-state index in [4.69, 9.17) is 4.74 Å². The molecule has 1 aliphatic heterocycles. The van der Waals surface area contributed by atoms with Crippen molar-refractivity contribution in [3.8, 4) is 56.0 Å². The van der Waals surface area contributed by atoms with Gasteiger partial charge in [-0.2, -0.15) is 0 Å². The molecule has 1 aliphatic rings. The number of fused-ring (bicyclic) bond motifs is 5. The van der Waals surface area contributed by atoms with E-state index in [1.807, 2.05) is 0 Å². The Morgan fingerprint density at radius 3 is 1.47 bits per heavy atom. The zero-order valence-electron chi connectivity index (χ0n) is 25.6. The maximum Gasteiger partial charge on any atom is 0.143 e. The van der Waals surface area contributed by atoms with Crippen molar-refractivity contribution in [2.75, 3.05) is 0 Å². The summed E-state index contributed by atoms with van der Waals surface area (Å²) in [5.74, 6) is 1.83. The first-order valence-electron chi connectivity index (χ1n) is 16.2. The van der Waals surface area contributed by atoms with Crippen LogP contribution in [-0.4, -0.2) is 0 Å². The normalized spacial score (nSPS) is 12.0. The molecule has 0 saturated heterocycles. The molecule has 1 nitrogen and oxygen atoms in total. The molecule has 0 amide bonds. The van der Waals surface area contributed by atoms with Gasteiger partial charge in [-0.25, -0.2) is 0 Å². The van der Waals surface area contributed by atoms with Crippen LogP contribution in [0.3, 0.4) is 0 Å². The van der Waals surface area contributed by atoms with Crippen LogP contribution in [0.25, 0.3) is 87.6 Å². The molecule has 0 saturated carbocycles. The lowest BCUT2D eigenvalue weighted by Gasteiger charge is -2.25. The van der Waals surface area contributed by atoms with Crippen molar-refractivity contribution in [1.29, 1.82) is 0 Å². The molecule has 1 heteroatoms. The summed E-state index contributed by atoms with van der Waals surface area (Å²) in [4.78, 5) is 0. The van der Waals surface area contributed by atoms with Crippen LogP contribution in [0.2, 0.25) is 0 Å². The van der Waals surface area contributed by atoms with E-state index >= 15 is 0 Å². The minimum absolute atomic E-state index is 0.910. The van der Waals surface area contributed by atoms with Crippen LogP contribution in [-0.2, 0) is 0 Å². The Hall–Kier alpha value is -6.18. The monoisotopic (exact) mass is 596 g/mol. The zero-order chi connectivity index (χ0) is 30.9. The topological polar surface area (TPSA) is 9.23 Å². The van der Waals surface area contributed by atoms with E-state index in [9.17, 15) is 0 Å². The third-order valence-corrected chi connectivity index (χ3v) is 9.86. The third-order valence-electron chi connectivity index (χ3n) is 9.86. The molecule has 1 heterocycles. The molecule has 0 spiro atoms. The van der Waals surface area contributed by atoms with Gasteiger partial charge in [0.2, 0.25) is 0 Å². The van der Waals surface area contributed by atoms with Crippen LogP contribution >= 0.6 is 0 Å². The van der Waals surface area contributed by atoms with Crippen molar-refractivity contribution < 1.29 is 4.74 Å². The summed E-state index contributed by atoms with van der Waals surface area (Å²) in [5.41, 5.74) is 9.64. The highest BCUT2D eigenvalue weighted by molar-refractivity contribution is 6.25. The molecule has 9 aromatic carbocycles. The first kappa shape index (κ1) is 26.1. The molecule has 0 fully saturated rings. The van der Waals surface area contributed by atoms with Crippen molar-refractivity contribution in [3.63, 3.8) is 0 Å². The average molecular weight is 597 g/mol. The summed E-state index contributed by atoms with van der Waals surface area (Å²) >= 11 is 0. The van der Waals surface area contributed by atoms with Crippen LogP contribution in [0.5, 0.6) is 11.5 Å². The molecule has 0 aromatic heterocycles. The molecule has 218 valence electrons. The number of benzene rings is 9. The van der Waals surface area contributed by atoms with Gasteiger partial charge in [0.1, 0.15) is 11.5 Å². The Labute approximate surface area is 272 Å². The van der Waals surface area contributed by atoms with Crippen LogP contribution in [0.1, 0.15) is 0 Å². The van der Waals surface area contributed by atoms with Gasteiger partial charge in [-0.1, -0.05) is 164 Å². The lowest BCUT2D eigenvalue weighted by atomic mass is 9.83. The van der Waals surface area contributed by atoms with Crippen molar-refractivity contribution in [2.24, 2.45) is 0 Å². The molecule has 0 radical (unpaired) electrons. The molecule has 9 aromatic rings. The van der Waals surface area contributed by atoms with Crippen LogP contribution in [0, 0.1) is 0 Å². The second-order valence-corrected chi connectivity index (χ2v) is 12.4. The third kappa shape index (κ3) is 3.84. The van der Waals surface area contributed by atoms with E-state index in [-0.39, 0.29) is 0 Å². The lowest BCUT2D eigenvalue weighted by molar-refractivity contribution is 0.489. The van der Waals surface area contributed by atoms with E-state index in [1.54, 1.807) is 0 Å². The minimum Gasteiger partial charge on any atom is -0.455 e. The van der Waals surface area contributed by atoms with E-state index in [0.29, 0.717) is 0 Å². The molecular formula is C46H28O. The van der Waals surface area contributed by atoms with Gasteiger partial charge in [-0.15, -0.1) is 0 Å². The van der Waals surface area contributed by atoms with Gasteiger partial charge in [0.15, 0.2) is 0 Å². The Balaban J connectivity index is 1.29. The summed E-state index contributed by atoms with van der Waals surface area (Å²) in [7, 11) is 0. The fourth-order valence-corrected chi connectivity index (χ4v) is 7.88. The first-order valence-corrected chi connectivity index (χ1v) is 16.2. The van der Waals surface area contributed by atoms with Crippen molar-refractivity contribution in [1.82, 2.24) is 0 Å². The van der Waals surface area contributed by atoms with Gasteiger partial charge in [0, 0.05) is 22.1 Å². The average Bonchev–Trinajstić information content (AvgIpc) is 3.14.